The summed E-state index contributed by atoms with van der Waals surface area (Å²) in [6.45, 7) is 3.89. The number of piperidine rings is 1. The Hall–Kier alpha value is -4.96. The van der Waals surface area contributed by atoms with E-state index in [-0.39, 0.29) is 24.1 Å². The average Bonchev–Trinajstić information content (AvgIpc) is 3.11. The molecule has 0 unspecified atom stereocenters. The van der Waals surface area contributed by atoms with E-state index in [0.717, 1.165) is 48.4 Å². The van der Waals surface area contributed by atoms with Gasteiger partial charge >= 0.3 is 12.0 Å². The van der Waals surface area contributed by atoms with Gasteiger partial charge in [-0.15, -0.1) is 0 Å². The highest BCUT2D eigenvalue weighted by Gasteiger charge is 2.39. The number of carbonyl (C=O) groups excluding carboxylic acids is 2. The van der Waals surface area contributed by atoms with Crippen molar-refractivity contribution in [3.8, 4) is 17.2 Å². The van der Waals surface area contributed by atoms with Crippen molar-refractivity contribution in [1.29, 1.82) is 0 Å². The van der Waals surface area contributed by atoms with Gasteiger partial charge in [0.2, 0.25) is 0 Å². The summed E-state index contributed by atoms with van der Waals surface area (Å²) in [5, 5.41) is 4.86. The summed E-state index contributed by atoms with van der Waals surface area (Å²) in [4.78, 5) is 33.7. The van der Waals surface area contributed by atoms with Gasteiger partial charge < -0.3 is 34.1 Å². The molecule has 0 bridgehead atoms. The summed E-state index contributed by atoms with van der Waals surface area (Å²) < 4.78 is 22.7. The molecule has 240 valence electrons. The van der Waals surface area contributed by atoms with Gasteiger partial charge in [0.05, 0.1) is 38.6 Å². The third-order valence-electron chi connectivity index (χ3n) is 8.89. The number of para-hydroxylation sites is 2. The summed E-state index contributed by atoms with van der Waals surface area (Å²) >= 11 is 0. The fourth-order valence-corrected chi connectivity index (χ4v) is 6.45. The fraction of sp³-hybridized carbons (Fsp3) is 0.333. The number of hydrogen-bond donors (Lipinski definition) is 1. The summed E-state index contributed by atoms with van der Waals surface area (Å²) in [5.74, 6) is 1.66. The lowest BCUT2D eigenvalue weighted by atomic mass is 9.99. The van der Waals surface area contributed by atoms with Crippen LogP contribution in [0.3, 0.4) is 0 Å². The lowest BCUT2D eigenvalue weighted by Crippen LogP contribution is -2.61. The Kier molecular flexibility index (Phi) is 9.44. The highest BCUT2D eigenvalue weighted by molar-refractivity contribution is 6.04. The molecule has 10 nitrogen and oxygen atoms in total. The van der Waals surface area contributed by atoms with E-state index in [2.05, 4.69) is 21.2 Å². The molecule has 6 rings (SSSR count). The lowest BCUT2D eigenvalue weighted by Gasteiger charge is -2.46. The Balaban J connectivity index is 1.21. The number of benzene rings is 4. The molecule has 1 N–H and O–H groups in total. The molecule has 4 aromatic rings. The number of nitrogens with zero attached hydrogens (tertiary/aromatic N) is 3. The molecular weight excluding hydrogens is 584 g/mol. The van der Waals surface area contributed by atoms with E-state index in [1.807, 2.05) is 60.7 Å². The molecule has 2 amide bonds. The number of urea groups is 1. The van der Waals surface area contributed by atoms with Gasteiger partial charge in [-0.3, -0.25) is 4.90 Å². The van der Waals surface area contributed by atoms with E-state index in [4.69, 9.17) is 18.9 Å². The van der Waals surface area contributed by atoms with Gasteiger partial charge in [-0.05, 0) is 29.0 Å². The molecule has 2 atom stereocenters. The Morgan fingerprint density at radius 2 is 1.46 bits per heavy atom. The molecule has 2 fully saturated rings. The summed E-state index contributed by atoms with van der Waals surface area (Å²) in [6.07, 6.45) is 0.133. The van der Waals surface area contributed by atoms with Crippen molar-refractivity contribution < 1.29 is 28.5 Å². The molecule has 4 aromatic carbocycles. The first-order valence-electron chi connectivity index (χ1n) is 15.6. The maximum Gasteiger partial charge on any atom is 0.339 e. The number of ether oxygens (including phenoxy) is 4. The van der Waals surface area contributed by atoms with Crippen LogP contribution in [0, 0.1) is 0 Å². The van der Waals surface area contributed by atoms with Crippen molar-refractivity contribution in [1.82, 2.24) is 9.80 Å². The Bertz CT molecular complexity index is 1660. The van der Waals surface area contributed by atoms with Crippen LogP contribution in [-0.2, 0) is 4.74 Å². The van der Waals surface area contributed by atoms with E-state index in [1.165, 1.54) is 0 Å². The molecule has 0 radical (unpaired) electrons. The van der Waals surface area contributed by atoms with Crippen LogP contribution in [0.15, 0.2) is 84.9 Å². The minimum Gasteiger partial charge on any atom is -0.497 e. The first-order chi connectivity index (χ1) is 22.5. The number of hydrogen-bond acceptors (Lipinski definition) is 8. The number of methoxy groups -OCH3 is 3. The van der Waals surface area contributed by atoms with Crippen LogP contribution in [-0.4, -0.2) is 94.5 Å². The normalized spacial score (nSPS) is 18.6. The van der Waals surface area contributed by atoms with Gasteiger partial charge in [-0.2, -0.15) is 0 Å². The molecule has 0 aromatic heterocycles. The average molecular weight is 625 g/mol. The molecule has 2 saturated heterocycles. The van der Waals surface area contributed by atoms with E-state index < -0.39 is 0 Å². The first-order valence-corrected chi connectivity index (χ1v) is 15.6. The zero-order valence-electron chi connectivity index (χ0n) is 26.5. The second-order valence-electron chi connectivity index (χ2n) is 11.5. The molecule has 0 spiro atoms. The van der Waals surface area contributed by atoms with Gasteiger partial charge in [0, 0.05) is 69.6 Å². The number of esters is 1. The summed E-state index contributed by atoms with van der Waals surface area (Å²) in [6, 6.07) is 26.4. The van der Waals surface area contributed by atoms with E-state index in [1.54, 1.807) is 44.4 Å². The number of likely N-dealkylation sites (tertiary alicyclic amines) is 1. The maximum atomic E-state index is 13.7. The predicted octanol–water partition coefficient (Wildman–Crippen LogP) is 5.52. The third-order valence-corrected chi connectivity index (χ3v) is 8.89. The Morgan fingerprint density at radius 1 is 0.761 bits per heavy atom. The second-order valence-corrected chi connectivity index (χ2v) is 11.5. The minimum atomic E-state index is -0.384. The third kappa shape index (κ3) is 6.67. The fourth-order valence-electron chi connectivity index (χ4n) is 6.45. The zero-order chi connectivity index (χ0) is 32.0. The van der Waals surface area contributed by atoms with Crippen LogP contribution < -0.4 is 24.4 Å². The van der Waals surface area contributed by atoms with Crippen molar-refractivity contribution in [2.24, 2.45) is 0 Å². The predicted molar refractivity (Wildman–Crippen MR) is 178 cm³/mol. The minimum absolute atomic E-state index is 0.182. The number of piperazine rings is 1. The molecule has 46 heavy (non-hydrogen) atoms. The van der Waals surface area contributed by atoms with Crippen molar-refractivity contribution in [3.05, 3.63) is 90.5 Å². The van der Waals surface area contributed by atoms with Crippen LogP contribution in [0.1, 0.15) is 16.8 Å². The first kappa shape index (κ1) is 31.0. The smallest absolute Gasteiger partial charge is 0.339 e. The second kappa shape index (κ2) is 14.0. The molecule has 0 aliphatic carbocycles. The van der Waals surface area contributed by atoms with E-state index in [9.17, 15) is 9.59 Å². The van der Waals surface area contributed by atoms with Crippen LogP contribution in [0.5, 0.6) is 17.2 Å². The SMILES string of the molecule is COc1cc(NC(=O)N2CC[C@@H](OC(=O)c3cccc4ccccc34)[C@H](N3CCN(c4ccccc4OC)CC3)C2)cc(OC)c1. The van der Waals surface area contributed by atoms with Crippen molar-refractivity contribution >= 4 is 34.1 Å². The number of carbonyl (C=O) groups is 2. The van der Waals surface area contributed by atoms with Crippen molar-refractivity contribution in [2.45, 2.75) is 18.6 Å². The number of amides is 2. The molecule has 2 heterocycles. The van der Waals surface area contributed by atoms with Gasteiger partial charge in [0.1, 0.15) is 23.4 Å². The van der Waals surface area contributed by atoms with E-state index in [0.29, 0.717) is 42.3 Å². The number of anilines is 2. The van der Waals surface area contributed by atoms with Crippen LogP contribution >= 0.6 is 0 Å². The number of fused-ring (bicyclic) bond motifs is 1. The van der Waals surface area contributed by atoms with E-state index >= 15 is 0 Å². The molecule has 10 heteroatoms. The van der Waals surface area contributed by atoms with Gasteiger partial charge in [0.15, 0.2) is 0 Å². The Morgan fingerprint density at radius 3 is 2.20 bits per heavy atom. The maximum absolute atomic E-state index is 13.7. The number of rotatable bonds is 8. The molecule has 0 saturated carbocycles. The van der Waals surface area contributed by atoms with Crippen LogP contribution in [0.4, 0.5) is 16.2 Å². The van der Waals surface area contributed by atoms with Crippen LogP contribution in [0.2, 0.25) is 0 Å². The lowest BCUT2D eigenvalue weighted by molar-refractivity contribution is -0.0289. The van der Waals surface area contributed by atoms with Gasteiger partial charge in [0.25, 0.3) is 0 Å². The van der Waals surface area contributed by atoms with Crippen molar-refractivity contribution in [3.63, 3.8) is 0 Å². The monoisotopic (exact) mass is 624 g/mol. The Labute approximate surface area is 269 Å². The highest BCUT2D eigenvalue weighted by atomic mass is 16.5. The summed E-state index contributed by atoms with van der Waals surface area (Å²) in [7, 11) is 4.83. The topological polar surface area (TPSA) is 92.8 Å². The quantitative estimate of drug-likeness (QED) is 0.256. The van der Waals surface area contributed by atoms with Crippen LogP contribution in [0.25, 0.3) is 10.8 Å². The van der Waals surface area contributed by atoms with Gasteiger partial charge in [-0.1, -0.05) is 48.5 Å². The molecule has 2 aliphatic rings. The molecule has 2 aliphatic heterocycles. The van der Waals surface area contributed by atoms with Crippen molar-refractivity contribution in [2.75, 3.05) is 70.8 Å². The van der Waals surface area contributed by atoms with Gasteiger partial charge in [-0.25, -0.2) is 9.59 Å². The summed E-state index contributed by atoms with van der Waals surface area (Å²) in [5.41, 5.74) is 2.18. The largest absolute Gasteiger partial charge is 0.497 e. The zero-order valence-corrected chi connectivity index (χ0v) is 26.5. The standard InChI is InChI=1S/C36H40N4O6/c1-43-27-21-26(22-28(23-27)44-2)37-36(42)40-16-15-34(46-35(41)30-12-8-10-25-9-4-5-11-29(25)30)32(24-40)39-19-17-38(18-20-39)31-13-6-7-14-33(31)45-3/h4-14,21-23,32,34H,15-20,24H2,1-3H3,(H,37,42)/t32-,34-/m1/s1. The number of nitrogens with one attached hydrogen (secondary N) is 1. The highest BCUT2D eigenvalue weighted by Crippen LogP contribution is 2.31. The molecular formula is C36H40N4O6.